The van der Waals surface area contributed by atoms with Crippen molar-refractivity contribution in [2.75, 3.05) is 5.32 Å². The normalized spacial score (nSPS) is 11.0. The van der Waals surface area contributed by atoms with Gasteiger partial charge in [-0.25, -0.2) is 4.98 Å². The average Bonchev–Trinajstić information content (AvgIpc) is 3.13. The van der Waals surface area contributed by atoms with Crippen LogP contribution in [0.5, 0.6) is 0 Å². The lowest BCUT2D eigenvalue weighted by Gasteiger charge is -2.13. The molecule has 0 unspecified atom stereocenters. The summed E-state index contributed by atoms with van der Waals surface area (Å²) in [6.07, 6.45) is 3.45. The molecule has 6 nitrogen and oxygen atoms in total. The van der Waals surface area contributed by atoms with Crippen LogP contribution in [0.3, 0.4) is 0 Å². The van der Waals surface area contributed by atoms with Crippen molar-refractivity contribution in [3.63, 3.8) is 0 Å². The van der Waals surface area contributed by atoms with Crippen LogP contribution in [0.2, 0.25) is 0 Å². The second kappa shape index (κ2) is 7.25. The van der Waals surface area contributed by atoms with Crippen LogP contribution in [0.25, 0.3) is 22.0 Å². The predicted molar refractivity (Wildman–Crippen MR) is 117 cm³/mol. The second-order valence-corrected chi connectivity index (χ2v) is 8.30. The van der Waals surface area contributed by atoms with Crippen molar-refractivity contribution in [1.82, 2.24) is 14.5 Å². The summed E-state index contributed by atoms with van der Waals surface area (Å²) in [4.78, 5) is 34.9. The number of carbonyl (C=O) groups excluding carboxylic acids is 1. The smallest absolute Gasteiger partial charge is 0.284 e. The van der Waals surface area contributed by atoms with Gasteiger partial charge in [-0.05, 0) is 56.2 Å². The van der Waals surface area contributed by atoms with Gasteiger partial charge < -0.3 is 9.88 Å². The maximum absolute atomic E-state index is 13.1. The monoisotopic (exact) mass is 404 g/mol. The number of pyridine rings is 2. The van der Waals surface area contributed by atoms with Crippen LogP contribution in [0, 0.1) is 20.8 Å². The van der Waals surface area contributed by atoms with Crippen LogP contribution in [0.4, 0.5) is 5.69 Å². The Morgan fingerprint density at radius 3 is 2.55 bits per heavy atom. The maximum Gasteiger partial charge on any atom is 0.284 e. The molecule has 1 aromatic carbocycles. The molecule has 0 aliphatic carbocycles. The van der Waals surface area contributed by atoms with Crippen LogP contribution in [-0.4, -0.2) is 20.4 Å². The fourth-order valence-electron chi connectivity index (χ4n) is 3.29. The molecule has 0 bridgehead atoms. The highest BCUT2D eigenvalue weighted by atomic mass is 32.1. The summed E-state index contributed by atoms with van der Waals surface area (Å²) < 4.78 is 1.64. The zero-order valence-corrected chi connectivity index (χ0v) is 17.4. The lowest BCUT2D eigenvalue weighted by atomic mass is 9.99. The largest absolute Gasteiger partial charge is 0.320 e. The minimum Gasteiger partial charge on any atom is -0.320 e. The Morgan fingerprint density at radius 1 is 1.03 bits per heavy atom. The molecule has 4 aromatic rings. The molecule has 1 N–H and O–H groups in total. The van der Waals surface area contributed by atoms with Gasteiger partial charge in [0, 0.05) is 46.6 Å². The van der Waals surface area contributed by atoms with Crippen molar-refractivity contribution in [2.45, 2.75) is 20.8 Å². The minimum atomic E-state index is -0.260. The number of anilines is 1. The summed E-state index contributed by atoms with van der Waals surface area (Å²) in [5.41, 5.74) is 4.53. The number of fused-ring (bicyclic) bond motifs is 1. The average molecular weight is 404 g/mol. The first-order chi connectivity index (χ1) is 13.8. The first kappa shape index (κ1) is 19.0. The zero-order valence-electron chi connectivity index (χ0n) is 16.6. The summed E-state index contributed by atoms with van der Waals surface area (Å²) >= 11 is 1.34. The summed E-state index contributed by atoms with van der Waals surface area (Å²) in [6, 6.07) is 9.32. The number of thiazole rings is 1. The number of rotatable bonds is 3. The van der Waals surface area contributed by atoms with E-state index in [0.717, 1.165) is 32.6 Å². The topological polar surface area (TPSA) is 76.9 Å². The fourth-order valence-corrected chi connectivity index (χ4v) is 3.95. The van der Waals surface area contributed by atoms with Gasteiger partial charge in [0.1, 0.15) is 0 Å². The Kier molecular flexibility index (Phi) is 4.76. The molecule has 146 valence electrons. The van der Waals surface area contributed by atoms with Crippen molar-refractivity contribution in [3.05, 3.63) is 74.2 Å². The van der Waals surface area contributed by atoms with Gasteiger partial charge in [-0.15, -0.1) is 11.3 Å². The molecule has 0 atom stereocenters. The van der Waals surface area contributed by atoms with Gasteiger partial charge in [-0.3, -0.25) is 14.6 Å². The molecule has 29 heavy (non-hydrogen) atoms. The number of nitrogens with zero attached hydrogens (tertiary/aromatic N) is 3. The molecule has 0 spiro atoms. The molecule has 1 amide bonds. The number of hydrogen-bond donors (Lipinski definition) is 1. The predicted octanol–water partition coefficient (Wildman–Crippen LogP) is 4.23. The summed E-state index contributed by atoms with van der Waals surface area (Å²) in [5.74, 6) is -0.260. The quantitative estimate of drug-likeness (QED) is 0.554. The molecule has 0 fully saturated rings. The van der Waals surface area contributed by atoms with E-state index in [4.69, 9.17) is 0 Å². The molecular formula is C22H20N4O2S. The molecule has 0 aliphatic rings. The van der Waals surface area contributed by atoms with Crippen LogP contribution < -0.4 is 10.9 Å². The Balaban J connectivity index is 1.78. The third-order valence-corrected chi connectivity index (χ3v) is 5.76. The van der Waals surface area contributed by atoms with Gasteiger partial charge in [0.05, 0.1) is 5.52 Å². The Hall–Kier alpha value is -3.32. The summed E-state index contributed by atoms with van der Waals surface area (Å²) in [6.45, 7) is 5.75. The lowest BCUT2D eigenvalue weighted by Crippen LogP contribution is -2.19. The minimum absolute atomic E-state index is 0.0924. The highest BCUT2D eigenvalue weighted by molar-refractivity contribution is 7.13. The van der Waals surface area contributed by atoms with Gasteiger partial charge in [-0.2, -0.15) is 0 Å². The van der Waals surface area contributed by atoms with Gasteiger partial charge in [-0.1, -0.05) is 6.07 Å². The number of carbonyl (C=O) groups is 1. The fraction of sp³-hybridized carbons (Fsp3) is 0.182. The van der Waals surface area contributed by atoms with Gasteiger partial charge in [0.15, 0.2) is 5.01 Å². The Bertz CT molecular complexity index is 1320. The third kappa shape index (κ3) is 3.56. The van der Waals surface area contributed by atoms with E-state index in [-0.39, 0.29) is 11.5 Å². The van der Waals surface area contributed by atoms with E-state index < -0.39 is 0 Å². The van der Waals surface area contributed by atoms with Crippen molar-refractivity contribution >= 4 is 33.8 Å². The molecule has 4 rings (SSSR count). The Labute approximate surface area is 171 Å². The highest BCUT2D eigenvalue weighted by Crippen LogP contribution is 2.27. The molecule has 3 aromatic heterocycles. The van der Waals surface area contributed by atoms with E-state index >= 15 is 0 Å². The number of amides is 1. The van der Waals surface area contributed by atoms with Crippen molar-refractivity contribution in [2.24, 2.45) is 7.05 Å². The summed E-state index contributed by atoms with van der Waals surface area (Å²) in [7, 11) is 1.76. The van der Waals surface area contributed by atoms with E-state index in [1.165, 1.54) is 11.3 Å². The highest BCUT2D eigenvalue weighted by Gasteiger charge is 2.14. The van der Waals surface area contributed by atoms with Crippen molar-refractivity contribution in [3.8, 4) is 11.1 Å². The van der Waals surface area contributed by atoms with Gasteiger partial charge in [0.25, 0.3) is 11.5 Å². The number of benzene rings is 1. The first-order valence-electron chi connectivity index (χ1n) is 9.14. The standard InChI is InChI=1S/C22H20N4O2S/c1-12-5-6-16(25-20(27)21-24-10-14(3)29-21)9-17(12)18-8-15-11-23-13(2)7-19(15)26(4)22(18)28/h5-11H,1-4H3,(H,25,27). The Morgan fingerprint density at radius 2 is 1.83 bits per heavy atom. The van der Waals surface area contributed by atoms with Crippen molar-refractivity contribution < 1.29 is 4.79 Å². The molecule has 7 heteroatoms. The van der Waals surface area contributed by atoms with Crippen molar-refractivity contribution in [1.29, 1.82) is 0 Å². The molecule has 0 saturated carbocycles. The number of hydrogen-bond acceptors (Lipinski definition) is 5. The number of nitrogens with one attached hydrogen (secondary N) is 1. The van der Waals surface area contributed by atoms with E-state index in [1.807, 2.05) is 51.1 Å². The maximum atomic E-state index is 13.1. The van der Waals surface area contributed by atoms with E-state index in [1.54, 1.807) is 24.0 Å². The van der Waals surface area contributed by atoms with E-state index in [9.17, 15) is 9.59 Å². The zero-order chi connectivity index (χ0) is 20.7. The molecule has 0 saturated heterocycles. The van der Waals surface area contributed by atoms with E-state index in [2.05, 4.69) is 15.3 Å². The molecule has 3 heterocycles. The number of aromatic nitrogens is 3. The lowest BCUT2D eigenvalue weighted by molar-refractivity contribution is 0.102. The first-order valence-corrected chi connectivity index (χ1v) is 9.96. The number of aryl methyl sites for hydroxylation is 4. The van der Waals surface area contributed by atoms with Crippen LogP contribution in [0.1, 0.15) is 25.9 Å². The molecular weight excluding hydrogens is 384 g/mol. The van der Waals surface area contributed by atoms with Gasteiger partial charge >= 0.3 is 0 Å². The van der Waals surface area contributed by atoms with Gasteiger partial charge in [0.2, 0.25) is 0 Å². The molecule has 0 radical (unpaired) electrons. The second-order valence-electron chi connectivity index (χ2n) is 7.07. The molecule has 0 aliphatic heterocycles. The van der Waals surface area contributed by atoms with Crippen LogP contribution in [-0.2, 0) is 7.05 Å². The van der Waals surface area contributed by atoms with E-state index in [0.29, 0.717) is 16.3 Å². The summed E-state index contributed by atoms with van der Waals surface area (Å²) in [5, 5.41) is 4.17. The van der Waals surface area contributed by atoms with Crippen LogP contribution >= 0.6 is 11.3 Å². The SMILES string of the molecule is Cc1cc2c(cn1)cc(-c1cc(NC(=O)c3ncc(C)s3)ccc1C)c(=O)n2C. The van der Waals surface area contributed by atoms with Crippen LogP contribution in [0.15, 0.2) is 47.5 Å². The third-order valence-electron chi connectivity index (χ3n) is 4.85.